The SMILES string of the molecule is Cc1cc(C(=O)NCc2ccc(Cn3cccn3)cc2)c2ccc(Br)cc2n1. The Morgan fingerprint density at radius 3 is 2.64 bits per heavy atom. The van der Waals surface area contributed by atoms with Gasteiger partial charge < -0.3 is 5.32 Å². The lowest BCUT2D eigenvalue weighted by atomic mass is 10.1. The van der Waals surface area contributed by atoms with E-state index in [-0.39, 0.29) is 5.91 Å². The first-order valence-corrected chi connectivity index (χ1v) is 9.78. The predicted octanol–water partition coefficient (Wildman–Crippen LogP) is 4.48. The maximum absolute atomic E-state index is 12.8. The fraction of sp³-hybridized carbons (Fsp3) is 0.136. The summed E-state index contributed by atoms with van der Waals surface area (Å²) in [6, 6.07) is 17.7. The van der Waals surface area contributed by atoms with E-state index >= 15 is 0 Å². The number of amides is 1. The fourth-order valence-corrected chi connectivity index (χ4v) is 3.49. The summed E-state index contributed by atoms with van der Waals surface area (Å²) in [6.45, 7) is 3.10. The van der Waals surface area contributed by atoms with Crippen molar-refractivity contribution in [2.75, 3.05) is 0 Å². The molecule has 0 spiro atoms. The summed E-state index contributed by atoms with van der Waals surface area (Å²) in [6.07, 6.45) is 3.71. The largest absolute Gasteiger partial charge is 0.348 e. The Kier molecular flexibility index (Phi) is 5.21. The van der Waals surface area contributed by atoms with Crippen LogP contribution in [0.4, 0.5) is 0 Å². The fourth-order valence-electron chi connectivity index (χ4n) is 3.14. The molecule has 0 aliphatic rings. The number of hydrogen-bond donors (Lipinski definition) is 1. The van der Waals surface area contributed by atoms with Gasteiger partial charge in [-0.2, -0.15) is 5.10 Å². The van der Waals surface area contributed by atoms with E-state index in [9.17, 15) is 4.79 Å². The van der Waals surface area contributed by atoms with Crippen molar-refractivity contribution in [1.82, 2.24) is 20.1 Å². The lowest BCUT2D eigenvalue weighted by molar-refractivity contribution is 0.0952. The van der Waals surface area contributed by atoms with Crippen LogP contribution in [0.5, 0.6) is 0 Å². The van der Waals surface area contributed by atoms with Gasteiger partial charge in [-0.15, -0.1) is 0 Å². The number of pyridine rings is 1. The smallest absolute Gasteiger partial charge is 0.252 e. The molecule has 0 atom stereocenters. The van der Waals surface area contributed by atoms with Crippen LogP contribution in [0.25, 0.3) is 10.9 Å². The number of halogens is 1. The molecule has 0 saturated carbocycles. The van der Waals surface area contributed by atoms with E-state index in [0.29, 0.717) is 12.1 Å². The molecular formula is C22H19BrN4O. The third-order valence-electron chi connectivity index (χ3n) is 4.52. The number of hydrogen-bond acceptors (Lipinski definition) is 3. The number of nitrogens with zero attached hydrogens (tertiary/aromatic N) is 3. The molecular weight excluding hydrogens is 416 g/mol. The van der Waals surface area contributed by atoms with Crippen LogP contribution in [0.1, 0.15) is 27.2 Å². The van der Waals surface area contributed by atoms with Crippen molar-refractivity contribution >= 4 is 32.7 Å². The average molecular weight is 435 g/mol. The molecule has 0 saturated heterocycles. The summed E-state index contributed by atoms with van der Waals surface area (Å²) >= 11 is 3.46. The number of aryl methyl sites for hydroxylation is 1. The molecule has 0 aliphatic heterocycles. The minimum absolute atomic E-state index is 0.0987. The highest BCUT2D eigenvalue weighted by atomic mass is 79.9. The minimum Gasteiger partial charge on any atom is -0.348 e. The highest BCUT2D eigenvalue weighted by Gasteiger charge is 2.12. The molecule has 140 valence electrons. The first kappa shape index (κ1) is 18.4. The molecule has 28 heavy (non-hydrogen) atoms. The van der Waals surface area contributed by atoms with Gasteiger partial charge in [0.25, 0.3) is 5.91 Å². The first-order valence-electron chi connectivity index (χ1n) is 8.99. The highest BCUT2D eigenvalue weighted by Crippen LogP contribution is 2.22. The second-order valence-corrected chi connectivity index (χ2v) is 7.59. The number of carbonyl (C=O) groups excluding carboxylic acids is 1. The summed E-state index contributed by atoms with van der Waals surface area (Å²) < 4.78 is 2.83. The Balaban J connectivity index is 1.46. The maximum atomic E-state index is 12.8. The van der Waals surface area contributed by atoms with Crippen LogP contribution in [0, 0.1) is 6.92 Å². The van der Waals surface area contributed by atoms with Gasteiger partial charge in [0.1, 0.15) is 0 Å². The van der Waals surface area contributed by atoms with Crippen molar-refractivity contribution in [3.05, 3.63) is 93.8 Å². The van der Waals surface area contributed by atoms with Gasteiger partial charge in [0.15, 0.2) is 0 Å². The van der Waals surface area contributed by atoms with Crippen LogP contribution in [0.15, 0.2) is 71.5 Å². The Hall–Kier alpha value is -2.99. The van der Waals surface area contributed by atoms with Crippen molar-refractivity contribution in [2.24, 2.45) is 0 Å². The highest BCUT2D eigenvalue weighted by molar-refractivity contribution is 9.10. The zero-order valence-corrected chi connectivity index (χ0v) is 17.0. The number of rotatable bonds is 5. The quantitative estimate of drug-likeness (QED) is 0.503. The number of fused-ring (bicyclic) bond motifs is 1. The molecule has 0 unspecified atom stereocenters. The van der Waals surface area contributed by atoms with Crippen LogP contribution >= 0.6 is 15.9 Å². The molecule has 2 aromatic carbocycles. The molecule has 1 N–H and O–H groups in total. The van der Waals surface area contributed by atoms with Gasteiger partial charge in [0.2, 0.25) is 0 Å². The molecule has 0 fully saturated rings. The van der Waals surface area contributed by atoms with Gasteiger partial charge in [-0.1, -0.05) is 46.3 Å². The van der Waals surface area contributed by atoms with Gasteiger partial charge in [0.05, 0.1) is 17.6 Å². The molecule has 4 rings (SSSR count). The lowest BCUT2D eigenvalue weighted by Gasteiger charge is -2.10. The summed E-state index contributed by atoms with van der Waals surface area (Å²) in [7, 11) is 0. The van der Waals surface area contributed by atoms with Crippen LogP contribution in [0.3, 0.4) is 0 Å². The van der Waals surface area contributed by atoms with E-state index in [1.807, 2.05) is 60.3 Å². The second-order valence-electron chi connectivity index (χ2n) is 6.68. The van der Waals surface area contributed by atoms with Gasteiger partial charge in [-0.05, 0) is 42.3 Å². The van der Waals surface area contributed by atoms with E-state index in [1.165, 1.54) is 5.56 Å². The van der Waals surface area contributed by atoms with Gasteiger partial charge in [0, 0.05) is 34.5 Å². The third-order valence-corrected chi connectivity index (χ3v) is 5.02. The Morgan fingerprint density at radius 1 is 1.11 bits per heavy atom. The third kappa shape index (κ3) is 4.12. The van der Waals surface area contributed by atoms with E-state index in [4.69, 9.17) is 0 Å². The zero-order chi connectivity index (χ0) is 19.5. The van der Waals surface area contributed by atoms with E-state index in [2.05, 4.69) is 43.5 Å². The topological polar surface area (TPSA) is 59.8 Å². The molecule has 0 bridgehead atoms. The van der Waals surface area contributed by atoms with Gasteiger partial charge in [-0.25, -0.2) is 0 Å². The number of carbonyl (C=O) groups is 1. The lowest BCUT2D eigenvalue weighted by Crippen LogP contribution is -2.23. The molecule has 1 amide bonds. The van der Waals surface area contributed by atoms with Crippen molar-refractivity contribution in [2.45, 2.75) is 20.0 Å². The molecule has 4 aromatic rings. The molecule has 2 aromatic heterocycles. The summed E-state index contributed by atoms with van der Waals surface area (Å²) in [5.41, 5.74) is 4.49. The van der Waals surface area contributed by atoms with E-state index < -0.39 is 0 Å². The molecule has 6 heteroatoms. The Labute approximate surface area is 171 Å². The Morgan fingerprint density at radius 2 is 1.89 bits per heavy atom. The van der Waals surface area contributed by atoms with Crippen LogP contribution in [-0.4, -0.2) is 20.7 Å². The average Bonchev–Trinajstić information content (AvgIpc) is 3.19. The number of aromatic nitrogens is 3. The first-order chi connectivity index (χ1) is 13.6. The van der Waals surface area contributed by atoms with Crippen molar-refractivity contribution < 1.29 is 4.79 Å². The van der Waals surface area contributed by atoms with E-state index in [0.717, 1.165) is 33.2 Å². The monoisotopic (exact) mass is 434 g/mol. The zero-order valence-electron chi connectivity index (χ0n) is 15.4. The summed E-state index contributed by atoms with van der Waals surface area (Å²) in [5.74, 6) is -0.0987. The molecule has 0 radical (unpaired) electrons. The number of nitrogens with one attached hydrogen (secondary N) is 1. The van der Waals surface area contributed by atoms with Crippen LogP contribution in [-0.2, 0) is 13.1 Å². The maximum Gasteiger partial charge on any atom is 0.252 e. The standard InChI is InChI=1S/C22H19BrN4O/c1-15-11-20(19-8-7-18(23)12-21(19)26-15)22(28)24-13-16-3-5-17(6-4-16)14-27-10-2-9-25-27/h2-12H,13-14H2,1H3,(H,24,28). The normalized spacial score (nSPS) is 10.9. The second kappa shape index (κ2) is 7.94. The minimum atomic E-state index is -0.0987. The van der Waals surface area contributed by atoms with Crippen molar-refractivity contribution in [3.8, 4) is 0 Å². The summed E-state index contributed by atoms with van der Waals surface area (Å²) in [4.78, 5) is 17.3. The predicted molar refractivity (Wildman–Crippen MR) is 113 cm³/mol. The molecule has 5 nitrogen and oxygen atoms in total. The number of benzene rings is 2. The van der Waals surface area contributed by atoms with Crippen LogP contribution < -0.4 is 5.32 Å². The van der Waals surface area contributed by atoms with Crippen molar-refractivity contribution in [3.63, 3.8) is 0 Å². The Bertz CT molecular complexity index is 1120. The van der Waals surface area contributed by atoms with E-state index in [1.54, 1.807) is 6.20 Å². The van der Waals surface area contributed by atoms with Crippen molar-refractivity contribution in [1.29, 1.82) is 0 Å². The van der Waals surface area contributed by atoms with Crippen LogP contribution in [0.2, 0.25) is 0 Å². The van der Waals surface area contributed by atoms with Gasteiger partial charge in [-0.3, -0.25) is 14.5 Å². The molecule has 0 aliphatic carbocycles. The molecule has 2 heterocycles. The summed E-state index contributed by atoms with van der Waals surface area (Å²) in [5, 5.41) is 8.08. The van der Waals surface area contributed by atoms with Gasteiger partial charge >= 0.3 is 0 Å².